The predicted octanol–water partition coefficient (Wildman–Crippen LogP) is 4.22. The second kappa shape index (κ2) is 8.60. The quantitative estimate of drug-likeness (QED) is 0.351. The molecule has 148 valence electrons. The first-order chi connectivity index (χ1) is 13.9. The average molecular weight is 411 g/mol. The number of nitrogens with zero attached hydrogens (tertiary/aromatic N) is 2. The van der Waals surface area contributed by atoms with Crippen LogP contribution in [-0.2, 0) is 10.4 Å². The summed E-state index contributed by atoms with van der Waals surface area (Å²) in [6, 6.07) is 19.8. The van der Waals surface area contributed by atoms with E-state index in [-0.39, 0.29) is 5.75 Å². The number of nitrogens with one attached hydrogen (secondary N) is 1. The van der Waals surface area contributed by atoms with Crippen LogP contribution in [0.25, 0.3) is 4.98 Å². The van der Waals surface area contributed by atoms with E-state index in [2.05, 4.69) is 14.5 Å². The summed E-state index contributed by atoms with van der Waals surface area (Å²) in [7, 11) is -3.35. The van der Waals surface area contributed by atoms with Crippen molar-refractivity contribution in [3.8, 4) is 11.5 Å². The Kier molecular flexibility index (Phi) is 5.97. The van der Waals surface area contributed by atoms with Gasteiger partial charge >= 0.3 is 6.04 Å². The second-order valence-electron chi connectivity index (χ2n) is 6.03. The summed E-state index contributed by atoms with van der Waals surface area (Å²) in [4.78, 5) is 3.43. The molecule has 9 heteroatoms. The molecule has 0 aromatic heterocycles. The highest BCUT2D eigenvalue weighted by Crippen LogP contribution is 2.36. The number of diazo groups is 1. The molecule has 1 N–H and O–H groups in total. The first-order valence-electron chi connectivity index (χ1n) is 8.49. The van der Waals surface area contributed by atoms with Crippen molar-refractivity contribution in [2.45, 2.75) is 6.04 Å². The zero-order valence-electron chi connectivity index (χ0n) is 15.3. The summed E-state index contributed by atoms with van der Waals surface area (Å²) in [5, 5.41) is 12.8. The Morgan fingerprint density at radius 2 is 1.69 bits per heavy atom. The largest absolute Gasteiger partial charge is 0.716 e. The molecule has 0 spiro atoms. The number of hydrogen-bond acceptors (Lipinski definition) is 7. The molecule has 3 aromatic carbocycles. The molecule has 0 saturated carbocycles. The normalized spacial score (nSPS) is 11.9. The van der Waals surface area contributed by atoms with E-state index in [1.54, 1.807) is 12.1 Å². The third-order valence-corrected chi connectivity index (χ3v) is 4.50. The van der Waals surface area contributed by atoms with Gasteiger partial charge in [0.25, 0.3) is 10.4 Å². The van der Waals surface area contributed by atoms with Crippen molar-refractivity contribution in [3.05, 3.63) is 88.9 Å². The molecule has 0 radical (unpaired) electrons. The molecule has 0 aliphatic carbocycles. The van der Waals surface area contributed by atoms with Gasteiger partial charge in [0.1, 0.15) is 16.5 Å². The van der Waals surface area contributed by atoms with Crippen molar-refractivity contribution in [2.75, 3.05) is 12.4 Å². The Morgan fingerprint density at radius 1 is 1.00 bits per heavy atom. The van der Waals surface area contributed by atoms with Crippen LogP contribution in [0.2, 0.25) is 0 Å². The minimum Gasteiger partial charge on any atom is -0.716 e. The number of anilines is 2. The van der Waals surface area contributed by atoms with E-state index in [4.69, 9.17) is 4.74 Å². The molecular formula is C20H17N3O5S. The summed E-state index contributed by atoms with van der Waals surface area (Å²) in [5.41, 5.74) is 2.84. The molecule has 1 unspecified atom stereocenters. The summed E-state index contributed by atoms with van der Waals surface area (Å²) >= 11 is 0. The van der Waals surface area contributed by atoms with E-state index in [1.807, 2.05) is 36.4 Å². The molecular weight excluding hydrogens is 394 g/mol. The summed E-state index contributed by atoms with van der Waals surface area (Å²) in [5.74, 6) is 0.367. The van der Waals surface area contributed by atoms with Gasteiger partial charge in [-0.2, -0.15) is 0 Å². The first kappa shape index (κ1) is 20.1. The molecule has 0 heterocycles. The van der Waals surface area contributed by atoms with Crippen molar-refractivity contribution >= 4 is 21.8 Å². The van der Waals surface area contributed by atoms with Crippen LogP contribution in [-0.4, -0.2) is 20.1 Å². The van der Waals surface area contributed by atoms with E-state index in [1.165, 1.54) is 31.4 Å². The molecule has 0 aliphatic rings. The summed E-state index contributed by atoms with van der Waals surface area (Å²) in [6.45, 7) is 0. The molecule has 0 amide bonds. The fourth-order valence-electron chi connectivity index (χ4n) is 2.83. The van der Waals surface area contributed by atoms with Crippen LogP contribution in [0.15, 0.2) is 72.8 Å². The van der Waals surface area contributed by atoms with Crippen LogP contribution in [0.1, 0.15) is 17.2 Å². The lowest BCUT2D eigenvalue weighted by atomic mass is 9.98. The van der Waals surface area contributed by atoms with Crippen molar-refractivity contribution in [1.29, 1.82) is 5.39 Å². The van der Waals surface area contributed by atoms with Gasteiger partial charge in [0.15, 0.2) is 0 Å². The highest BCUT2D eigenvalue weighted by atomic mass is 32.3. The highest BCUT2D eigenvalue weighted by molar-refractivity contribution is 7.81. The average Bonchev–Trinajstić information content (AvgIpc) is 2.70. The van der Waals surface area contributed by atoms with Gasteiger partial charge in [0.05, 0.1) is 12.7 Å². The van der Waals surface area contributed by atoms with Gasteiger partial charge in [0, 0.05) is 23.0 Å². The lowest BCUT2D eigenvalue weighted by molar-refractivity contribution is 0.372. The van der Waals surface area contributed by atoms with E-state index >= 15 is 0 Å². The van der Waals surface area contributed by atoms with Crippen LogP contribution < -0.4 is 14.2 Å². The lowest BCUT2D eigenvalue weighted by Crippen LogP contribution is -2.07. The minimum absolute atomic E-state index is 0.130. The highest BCUT2D eigenvalue weighted by Gasteiger charge is 2.29. The van der Waals surface area contributed by atoms with Crippen molar-refractivity contribution in [3.63, 3.8) is 0 Å². The Labute approximate surface area is 168 Å². The fraction of sp³-hybridized carbons (Fsp3) is 0.100. The molecule has 0 fully saturated rings. The van der Waals surface area contributed by atoms with Gasteiger partial charge in [-0.05, 0) is 48.5 Å². The number of hydrogen-bond donors (Lipinski definition) is 1. The maximum absolute atomic E-state index is 10.7. The zero-order valence-corrected chi connectivity index (χ0v) is 16.2. The number of benzene rings is 3. The van der Waals surface area contributed by atoms with E-state index in [0.29, 0.717) is 16.9 Å². The van der Waals surface area contributed by atoms with Crippen molar-refractivity contribution in [2.24, 2.45) is 0 Å². The monoisotopic (exact) mass is 411 g/mol. The Bertz CT molecular complexity index is 1130. The topological polar surface area (TPSA) is 116 Å². The van der Waals surface area contributed by atoms with Crippen molar-refractivity contribution in [1.82, 2.24) is 0 Å². The zero-order chi connectivity index (χ0) is 20.9. The lowest BCUT2D eigenvalue weighted by Gasteiger charge is -2.12. The summed E-state index contributed by atoms with van der Waals surface area (Å²) < 4.78 is 41.8. The Hall–Kier alpha value is -3.61. The van der Waals surface area contributed by atoms with Gasteiger partial charge in [-0.1, -0.05) is 18.2 Å². The van der Waals surface area contributed by atoms with Crippen LogP contribution in [0, 0.1) is 5.39 Å². The molecule has 0 bridgehead atoms. The molecule has 29 heavy (non-hydrogen) atoms. The standard InChI is InChI=1S/C20H17N3O5S/c1-27-19-13-16(22-15-5-3-2-4-6-15)9-12-18(19)20(23-21)14-7-10-17(11-8-14)28-29(24,25)26/h2-13,20,22H,1H3. The Morgan fingerprint density at radius 3 is 2.28 bits per heavy atom. The third kappa shape index (κ3) is 5.22. The maximum atomic E-state index is 10.7. The summed E-state index contributed by atoms with van der Waals surface area (Å²) in [6.07, 6.45) is 0. The molecule has 0 saturated heterocycles. The number of para-hydroxylation sites is 1. The van der Waals surface area contributed by atoms with Crippen LogP contribution in [0.5, 0.6) is 11.5 Å². The van der Waals surface area contributed by atoms with E-state index in [0.717, 1.165) is 11.4 Å². The van der Waals surface area contributed by atoms with Crippen LogP contribution in [0.4, 0.5) is 11.4 Å². The first-order valence-corrected chi connectivity index (χ1v) is 9.82. The van der Waals surface area contributed by atoms with Crippen LogP contribution >= 0.6 is 0 Å². The number of methoxy groups -OCH3 is 1. The third-order valence-electron chi connectivity index (χ3n) is 4.10. The second-order valence-corrected chi connectivity index (χ2v) is 7.01. The predicted molar refractivity (Wildman–Crippen MR) is 106 cm³/mol. The van der Waals surface area contributed by atoms with Gasteiger partial charge in [0.2, 0.25) is 5.39 Å². The van der Waals surface area contributed by atoms with Gasteiger partial charge in [-0.25, -0.2) is 8.42 Å². The molecule has 0 aliphatic heterocycles. The Balaban J connectivity index is 1.88. The SMILES string of the molecule is COc1cc(Nc2ccccc2)ccc1C([N+]#N)c1ccc(OS(=O)(=O)[O-])cc1. The van der Waals surface area contributed by atoms with Crippen LogP contribution in [0.3, 0.4) is 0 Å². The smallest absolute Gasteiger partial charge is 0.367 e. The molecule has 8 nitrogen and oxygen atoms in total. The van der Waals surface area contributed by atoms with Gasteiger partial charge in [-0.15, -0.1) is 0 Å². The number of ether oxygens (including phenoxy) is 1. The molecule has 1 atom stereocenters. The van der Waals surface area contributed by atoms with E-state index < -0.39 is 16.4 Å². The van der Waals surface area contributed by atoms with Gasteiger partial charge < -0.3 is 18.8 Å². The minimum atomic E-state index is -4.86. The van der Waals surface area contributed by atoms with E-state index in [9.17, 15) is 18.4 Å². The molecule has 3 rings (SSSR count). The van der Waals surface area contributed by atoms with Gasteiger partial charge in [-0.3, -0.25) is 0 Å². The fourth-order valence-corrected chi connectivity index (χ4v) is 3.18. The van der Waals surface area contributed by atoms with Crippen molar-refractivity contribution < 1.29 is 21.9 Å². The molecule has 3 aromatic rings. The number of rotatable bonds is 7. The maximum Gasteiger partial charge on any atom is 0.367 e.